The van der Waals surface area contributed by atoms with Crippen molar-refractivity contribution in [3.05, 3.63) is 18.0 Å². The van der Waals surface area contributed by atoms with Crippen molar-refractivity contribution in [3.8, 4) is 0 Å². The molecule has 2 heterocycles. The van der Waals surface area contributed by atoms with Gasteiger partial charge >= 0.3 is 0 Å². The molecule has 144 valence electrons. The predicted octanol–water partition coefficient (Wildman–Crippen LogP) is 1.83. The lowest BCUT2D eigenvalue weighted by Crippen LogP contribution is -2.26. The Morgan fingerprint density at radius 1 is 1.27 bits per heavy atom. The second-order valence-corrected chi connectivity index (χ2v) is 6.37. The molecule has 1 amide bonds. The average molecular weight is 362 g/mol. The topological polar surface area (TPSA) is 84.7 Å². The Labute approximate surface area is 154 Å². The van der Waals surface area contributed by atoms with Gasteiger partial charge in [0.15, 0.2) is 11.5 Å². The highest BCUT2D eigenvalue weighted by Gasteiger charge is 2.12. The van der Waals surface area contributed by atoms with E-state index in [1.165, 1.54) is 0 Å². The third-order valence-electron chi connectivity index (χ3n) is 4.07. The van der Waals surface area contributed by atoms with Gasteiger partial charge in [-0.3, -0.25) is 4.79 Å². The number of fused-ring (bicyclic) bond motifs is 1. The summed E-state index contributed by atoms with van der Waals surface area (Å²) in [6, 6.07) is 3.86. The standard InChI is InChI=1S/C18H30N6O2/c1-5-23(6-2)17-9-8-15-20-21-16(24(15)22-17)10-11-18(25)19-12-7-13-26-14(3)4/h8-9,14H,5-7,10-13H2,1-4H3,(H,19,25). The van der Waals surface area contributed by atoms with E-state index >= 15 is 0 Å². The molecule has 0 radical (unpaired) electrons. The second-order valence-electron chi connectivity index (χ2n) is 6.37. The zero-order valence-electron chi connectivity index (χ0n) is 16.2. The monoisotopic (exact) mass is 362 g/mol. The quantitative estimate of drug-likeness (QED) is 0.614. The maximum atomic E-state index is 12.0. The molecule has 0 spiro atoms. The molecule has 8 nitrogen and oxygen atoms in total. The summed E-state index contributed by atoms with van der Waals surface area (Å²) in [5.74, 6) is 1.59. The van der Waals surface area contributed by atoms with E-state index in [4.69, 9.17) is 4.74 Å². The summed E-state index contributed by atoms with van der Waals surface area (Å²) in [6.07, 6.45) is 1.90. The third-order valence-corrected chi connectivity index (χ3v) is 4.07. The number of amides is 1. The first-order valence-corrected chi connectivity index (χ1v) is 9.39. The van der Waals surface area contributed by atoms with Crippen molar-refractivity contribution in [2.45, 2.75) is 53.1 Å². The van der Waals surface area contributed by atoms with Crippen LogP contribution in [0, 0.1) is 0 Å². The number of hydrogen-bond donors (Lipinski definition) is 1. The average Bonchev–Trinajstić information content (AvgIpc) is 3.03. The number of anilines is 1. The second kappa shape index (κ2) is 10.1. The molecule has 2 aromatic rings. The smallest absolute Gasteiger partial charge is 0.220 e. The van der Waals surface area contributed by atoms with Crippen LogP contribution in [-0.4, -0.2) is 58.1 Å². The van der Waals surface area contributed by atoms with Crippen molar-refractivity contribution in [3.63, 3.8) is 0 Å². The Morgan fingerprint density at radius 3 is 2.73 bits per heavy atom. The Morgan fingerprint density at radius 2 is 2.04 bits per heavy atom. The van der Waals surface area contributed by atoms with E-state index < -0.39 is 0 Å². The van der Waals surface area contributed by atoms with E-state index in [-0.39, 0.29) is 12.0 Å². The van der Waals surface area contributed by atoms with Gasteiger partial charge in [-0.25, -0.2) is 0 Å². The lowest BCUT2D eigenvalue weighted by atomic mass is 10.3. The molecular weight excluding hydrogens is 332 g/mol. The van der Waals surface area contributed by atoms with Crippen LogP contribution in [0.5, 0.6) is 0 Å². The highest BCUT2D eigenvalue weighted by atomic mass is 16.5. The minimum Gasteiger partial charge on any atom is -0.379 e. The molecule has 8 heteroatoms. The summed E-state index contributed by atoms with van der Waals surface area (Å²) < 4.78 is 7.19. The van der Waals surface area contributed by atoms with Gasteiger partial charge in [-0.1, -0.05) is 0 Å². The zero-order chi connectivity index (χ0) is 18.9. The molecule has 0 atom stereocenters. The van der Waals surface area contributed by atoms with Crippen LogP contribution in [0.15, 0.2) is 12.1 Å². The number of nitrogens with zero attached hydrogens (tertiary/aromatic N) is 5. The fourth-order valence-corrected chi connectivity index (χ4v) is 2.63. The van der Waals surface area contributed by atoms with E-state index in [1.807, 2.05) is 26.0 Å². The Balaban J connectivity index is 1.88. The number of rotatable bonds is 11. The number of carbonyl (C=O) groups excluding carboxylic acids is 1. The minimum absolute atomic E-state index is 0.00574. The molecule has 0 saturated heterocycles. The maximum absolute atomic E-state index is 12.0. The molecule has 0 aliphatic carbocycles. The van der Waals surface area contributed by atoms with E-state index in [0.717, 1.165) is 25.3 Å². The lowest BCUT2D eigenvalue weighted by molar-refractivity contribution is -0.121. The van der Waals surface area contributed by atoms with Gasteiger partial charge in [0.1, 0.15) is 5.82 Å². The minimum atomic E-state index is 0.00574. The van der Waals surface area contributed by atoms with Crippen LogP contribution >= 0.6 is 0 Å². The molecule has 2 aromatic heterocycles. The first-order valence-electron chi connectivity index (χ1n) is 9.39. The van der Waals surface area contributed by atoms with Gasteiger partial charge in [0.2, 0.25) is 5.91 Å². The van der Waals surface area contributed by atoms with Crippen LogP contribution in [0.1, 0.15) is 46.4 Å². The van der Waals surface area contributed by atoms with Crippen LogP contribution in [0.25, 0.3) is 5.65 Å². The van der Waals surface area contributed by atoms with Crippen LogP contribution in [0.2, 0.25) is 0 Å². The molecule has 26 heavy (non-hydrogen) atoms. The first-order chi connectivity index (χ1) is 12.5. The summed E-state index contributed by atoms with van der Waals surface area (Å²) in [6.45, 7) is 11.2. The van der Waals surface area contributed by atoms with Gasteiger partial charge in [0, 0.05) is 39.1 Å². The van der Waals surface area contributed by atoms with Gasteiger partial charge in [-0.15, -0.1) is 15.3 Å². The summed E-state index contributed by atoms with van der Waals surface area (Å²) in [5, 5.41) is 15.9. The number of ether oxygens (including phenoxy) is 1. The number of nitrogens with one attached hydrogen (secondary N) is 1. The molecular formula is C18H30N6O2. The molecule has 1 N–H and O–H groups in total. The number of aromatic nitrogens is 4. The molecule has 0 aliphatic heterocycles. The van der Waals surface area contributed by atoms with E-state index in [2.05, 4.69) is 39.4 Å². The molecule has 0 saturated carbocycles. The predicted molar refractivity (Wildman–Crippen MR) is 101 cm³/mol. The molecule has 0 aromatic carbocycles. The Bertz CT molecular complexity index is 696. The van der Waals surface area contributed by atoms with Crippen molar-refractivity contribution in [1.29, 1.82) is 0 Å². The number of carbonyl (C=O) groups is 1. The molecule has 0 fully saturated rings. The molecule has 0 aliphatic rings. The summed E-state index contributed by atoms with van der Waals surface area (Å²) in [5.41, 5.74) is 0.696. The van der Waals surface area contributed by atoms with Crippen molar-refractivity contribution >= 4 is 17.4 Å². The first kappa shape index (κ1) is 20.1. The van der Waals surface area contributed by atoms with E-state index in [1.54, 1.807) is 4.52 Å². The Hall–Kier alpha value is -2.22. The fourth-order valence-electron chi connectivity index (χ4n) is 2.63. The Kier molecular flexibility index (Phi) is 7.77. The number of aryl methyl sites for hydroxylation is 1. The van der Waals surface area contributed by atoms with Gasteiger partial charge < -0.3 is 15.0 Å². The fraction of sp³-hybridized carbons (Fsp3) is 0.667. The SMILES string of the molecule is CCN(CC)c1ccc2nnc(CCC(=O)NCCCOC(C)C)n2n1. The van der Waals surface area contributed by atoms with E-state index in [0.29, 0.717) is 37.5 Å². The van der Waals surface area contributed by atoms with Gasteiger partial charge in [-0.05, 0) is 46.2 Å². The lowest BCUT2D eigenvalue weighted by Gasteiger charge is -2.19. The zero-order valence-corrected chi connectivity index (χ0v) is 16.2. The van der Waals surface area contributed by atoms with Crippen LogP contribution in [0.4, 0.5) is 5.82 Å². The number of hydrogen-bond acceptors (Lipinski definition) is 6. The van der Waals surface area contributed by atoms with E-state index in [9.17, 15) is 4.79 Å². The van der Waals surface area contributed by atoms with Crippen molar-refractivity contribution in [2.24, 2.45) is 0 Å². The van der Waals surface area contributed by atoms with Crippen molar-refractivity contribution < 1.29 is 9.53 Å². The van der Waals surface area contributed by atoms with Crippen LogP contribution < -0.4 is 10.2 Å². The molecule has 0 unspecified atom stereocenters. The highest BCUT2D eigenvalue weighted by molar-refractivity contribution is 5.76. The molecule has 2 rings (SSSR count). The van der Waals surface area contributed by atoms with Crippen LogP contribution in [0.3, 0.4) is 0 Å². The molecule has 0 bridgehead atoms. The highest BCUT2D eigenvalue weighted by Crippen LogP contribution is 2.12. The summed E-state index contributed by atoms with van der Waals surface area (Å²) in [4.78, 5) is 14.2. The third kappa shape index (κ3) is 5.66. The van der Waals surface area contributed by atoms with Gasteiger partial charge in [0.05, 0.1) is 6.10 Å². The van der Waals surface area contributed by atoms with Crippen molar-refractivity contribution in [2.75, 3.05) is 31.1 Å². The van der Waals surface area contributed by atoms with Crippen LogP contribution in [-0.2, 0) is 16.0 Å². The summed E-state index contributed by atoms with van der Waals surface area (Å²) in [7, 11) is 0. The normalized spacial score (nSPS) is 11.3. The summed E-state index contributed by atoms with van der Waals surface area (Å²) >= 11 is 0. The van der Waals surface area contributed by atoms with Gasteiger partial charge in [0.25, 0.3) is 0 Å². The van der Waals surface area contributed by atoms with Crippen molar-refractivity contribution in [1.82, 2.24) is 25.1 Å². The van der Waals surface area contributed by atoms with Gasteiger partial charge in [-0.2, -0.15) is 4.52 Å². The largest absolute Gasteiger partial charge is 0.379 e. The maximum Gasteiger partial charge on any atom is 0.220 e.